The monoisotopic (exact) mass is 366 g/mol. The number of benzene rings is 2. The third kappa shape index (κ3) is 4.67. The van der Waals surface area contributed by atoms with Gasteiger partial charge in [-0.15, -0.1) is 0 Å². The van der Waals surface area contributed by atoms with Crippen molar-refractivity contribution in [2.45, 2.75) is 33.2 Å². The molecule has 0 saturated carbocycles. The first-order valence-corrected chi connectivity index (χ1v) is 9.44. The smallest absolute Gasteiger partial charge is 0.227 e. The molecular formula is C22H26N2O3. The Morgan fingerprint density at radius 2 is 1.93 bits per heavy atom. The van der Waals surface area contributed by atoms with Gasteiger partial charge in [-0.05, 0) is 48.7 Å². The molecule has 0 bridgehead atoms. The van der Waals surface area contributed by atoms with Gasteiger partial charge in [0.2, 0.25) is 11.8 Å². The van der Waals surface area contributed by atoms with E-state index in [1.807, 2.05) is 55.5 Å². The van der Waals surface area contributed by atoms with Crippen molar-refractivity contribution in [2.75, 3.05) is 18.1 Å². The highest BCUT2D eigenvalue weighted by Gasteiger charge is 2.35. The molecule has 0 unspecified atom stereocenters. The van der Waals surface area contributed by atoms with E-state index in [4.69, 9.17) is 4.74 Å². The second-order valence-corrected chi connectivity index (χ2v) is 6.89. The summed E-state index contributed by atoms with van der Waals surface area (Å²) in [7, 11) is 0. The second kappa shape index (κ2) is 8.71. The Hall–Kier alpha value is -2.82. The number of amides is 2. The first-order valence-electron chi connectivity index (χ1n) is 9.44. The molecule has 27 heavy (non-hydrogen) atoms. The number of anilines is 1. The standard InChI is InChI=1S/C22H26N2O3/c1-3-12-27-20-10-8-19(9-11-20)24-15-18(13-21(24)25)22(26)23-14-17-7-5-4-6-16(17)2/h4-11,18H,3,12-15H2,1-2H3,(H,23,26)/t18-/m1/s1. The third-order valence-corrected chi connectivity index (χ3v) is 4.83. The number of ether oxygens (including phenoxy) is 1. The van der Waals surface area contributed by atoms with Gasteiger partial charge < -0.3 is 15.0 Å². The first-order chi connectivity index (χ1) is 13.1. The average Bonchev–Trinajstić information content (AvgIpc) is 3.07. The van der Waals surface area contributed by atoms with E-state index in [1.54, 1.807) is 4.90 Å². The van der Waals surface area contributed by atoms with Crippen molar-refractivity contribution in [3.8, 4) is 5.75 Å². The van der Waals surface area contributed by atoms with Gasteiger partial charge in [-0.25, -0.2) is 0 Å². The molecule has 2 amide bonds. The highest BCUT2D eigenvalue weighted by atomic mass is 16.5. The summed E-state index contributed by atoms with van der Waals surface area (Å²) < 4.78 is 5.58. The minimum Gasteiger partial charge on any atom is -0.494 e. The van der Waals surface area contributed by atoms with E-state index in [-0.39, 0.29) is 24.2 Å². The maximum atomic E-state index is 12.5. The van der Waals surface area contributed by atoms with Crippen LogP contribution in [0.1, 0.15) is 30.9 Å². The van der Waals surface area contributed by atoms with Gasteiger partial charge in [0, 0.05) is 25.2 Å². The molecule has 1 fully saturated rings. The van der Waals surface area contributed by atoms with Crippen LogP contribution in [-0.4, -0.2) is 25.0 Å². The summed E-state index contributed by atoms with van der Waals surface area (Å²) in [5, 5.41) is 2.97. The van der Waals surface area contributed by atoms with Crippen molar-refractivity contribution < 1.29 is 14.3 Å². The summed E-state index contributed by atoms with van der Waals surface area (Å²) >= 11 is 0. The van der Waals surface area contributed by atoms with Gasteiger partial charge in [-0.3, -0.25) is 9.59 Å². The largest absolute Gasteiger partial charge is 0.494 e. The molecule has 5 heteroatoms. The Kier molecular flexibility index (Phi) is 6.12. The maximum Gasteiger partial charge on any atom is 0.227 e. The highest BCUT2D eigenvalue weighted by molar-refractivity contribution is 6.00. The molecule has 1 saturated heterocycles. The number of carbonyl (C=O) groups excluding carboxylic acids is 2. The Labute approximate surface area is 160 Å². The van der Waals surface area contributed by atoms with Crippen LogP contribution in [-0.2, 0) is 16.1 Å². The molecular weight excluding hydrogens is 340 g/mol. The van der Waals surface area contributed by atoms with Crippen LogP contribution in [0.2, 0.25) is 0 Å². The lowest BCUT2D eigenvalue weighted by molar-refractivity contribution is -0.126. The van der Waals surface area contributed by atoms with Crippen LogP contribution in [0, 0.1) is 12.8 Å². The molecule has 0 aromatic heterocycles. The van der Waals surface area contributed by atoms with Crippen LogP contribution in [0.3, 0.4) is 0 Å². The van der Waals surface area contributed by atoms with Crippen LogP contribution < -0.4 is 15.0 Å². The molecule has 1 atom stereocenters. The first kappa shape index (κ1) is 19.0. The van der Waals surface area contributed by atoms with Gasteiger partial charge in [0.25, 0.3) is 0 Å². The zero-order chi connectivity index (χ0) is 19.2. The molecule has 2 aromatic carbocycles. The highest BCUT2D eigenvalue weighted by Crippen LogP contribution is 2.27. The van der Waals surface area contributed by atoms with Gasteiger partial charge in [-0.2, -0.15) is 0 Å². The van der Waals surface area contributed by atoms with Gasteiger partial charge in [0.15, 0.2) is 0 Å². The molecule has 0 aliphatic carbocycles. The number of nitrogens with zero attached hydrogens (tertiary/aromatic N) is 1. The number of hydrogen-bond acceptors (Lipinski definition) is 3. The lowest BCUT2D eigenvalue weighted by atomic mass is 10.1. The predicted molar refractivity (Wildman–Crippen MR) is 106 cm³/mol. The summed E-state index contributed by atoms with van der Waals surface area (Å²) in [4.78, 5) is 26.6. The lowest BCUT2D eigenvalue weighted by Gasteiger charge is -2.17. The van der Waals surface area contributed by atoms with Crippen molar-refractivity contribution in [1.82, 2.24) is 5.32 Å². The number of hydrogen-bond donors (Lipinski definition) is 1. The number of aryl methyl sites for hydroxylation is 1. The van der Waals surface area contributed by atoms with Crippen molar-refractivity contribution in [1.29, 1.82) is 0 Å². The Balaban J connectivity index is 1.58. The summed E-state index contributed by atoms with van der Waals surface area (Å²) in [6.07, 6.45) is 1.19. The van der Waals surface area contributed by atoms with Crippen molar-refractivity contribution >= 4 is 17.5 Å². The van der Waals surface area contributed by atoms with E-state index in [0.717, 1.165) is 29.0 Å². The molecule has 1 aliphatic heterocycles. The molecule has 0 spiro atoms. The van der Waals surface area contributed by atoms with Crippen molar-refractivity contribution in [3.63, 3.8) is 0 Å². The lowest BCUT2D eigenvalue weighted by Crippen LogP contribution is -2.32. The van der Waals surface area contributed by atoms with Gasteiger partial charge in [-0.1, -0.05) is 31.2 Å². The normalized spacial score (nSPS) is 16.4. The summed E-state index contributed by atoms with van der Waals surface area (Å²) in [6.45, 7) is 5.65. The van der Waals surface area contributed by atoms with Crippen LogP contribution in [0.5, 0.6) is 5.75 Å². The molecule has 2 aromatic rings. The van der Waals surface area contributed by atoms with Gasteiger partial charge >= 0.3 is 0 Å². The van der Waals surface area contributed by atoms with Crippen LogP contribution in [0.25, 0.3) is 0 Å². The molecule has 142 valence electrons. The second-order valence-electron chi connectivity index (χ2n) is 6.89. The molecule has 1 aliphatic rings. The summed E-state index contributed by atoms with van der Waals surface area (Å²) in [5.74, 6) is 0.377. The molecule has 1 heterocycles. The number of nitrogens with one attached hydrogen (secondary N) is 1. The fourth-order valence-corrected chi connectivity index (χ4v) is 3.21. The number of rotatable bonds is 7. The number of carbonyl (C=O) groups is 2. The minimum atomic E-state index is -0.322. The molecule has 0 radical (unpaired) electrons. The molecule has 1 N–H and O–H groups in total. The zero-order valence-electron chi connectivity index (χ0n) is 15.9. The Morgan fingerprint density at radius 3 is 2.63 bits per heavy atom. The van der Waals surface area contributed by atoms with Crippen LogP contribution in [0.4, 0.5) is 5.69 Å². The van der Waals surface area contributed by atoms with E-state index in [9.17, 15) is 9.59 Å². The van der Waals surface area contributed by atoms with Gasteiger partial charge in [0.05, 0.1) is 12.5 Å². The minimum absolute atomic E-state index is 0.0201. The van der Waals surface area contributed by atoms with E-state index < -0.39 is 0 Å². The van der Waals surface area contributed by atoms with E-state index in [2.05, 4.69) is 12.2 Å². The topological polar surface area (TPSA) is 58.6 Å². The maximum absolute atomic E-state index is 12.5. The fourth-order valence-electron chi connectivity index (χ4n) is 3.21. The third-order valence-electron chi connectivity index (χ3n) is 4.83. The van der Waals surface area contributed by atoms with E-state index in [0.29, 0.717) is 19.7 Å². The predicted octanol–water partition coefficient (Wildman–Crippen LogP) is 3.45. The van der Waals surface area contributed by atoms with E-state index >= 15 is 0 Å². The van der Waals surface area contributed by atoms with Crippen molar-refractivity contribution in [2.24, 2.45) is 5.92 Å². The SMILES string of the molecule is CCCOc1ccc(N2C[C@H](C(=O)NCc3ccccc3C)CC2=O)cc1. The van der Waals surface area contributed by atoms with Crippen LogP contribution in [0.15, 0.2) is 48.5 Å². The quantitative estimate of drug-likeness (QED) is 0.816. The summed E-state index contributed by atoms with van der Waals surface area (Å²) in [5.41, 5.74) is 3.04. The van der Waals surface area contributed by atoms with Crippen LogP contribution >= 0.6 is 0 Å². The van der Waals surface area contributed by atoms with Gasteiger partial charge in [0.1, 0.15) is 5.75 Å². The van der Waals surface area contributed by atoms with E-state index in [1.165, 1.54) is 0 Å². The molecule has 3 rings (SSSR count). The summed E-state index contributed by atoms with van der Waals surface area (Å²) in [6, 6.07) is 15.4. The average molecular weight is 366 g/mol. The fraction of sp³-hybridized carbons (Fsp3) is 0.364. The van der Waals surface area contributed by atoms with Crippen molar-refractivity contribution in [3.05, 3.63) is 59.7 Å². The Morgan fingerprint density at radius 1 is 1.19 bits per heavy atom. The Bertz CT molecular complexity index is 801. The zero-order valence-corrected chi connectivity index (χ0v) is 15.9. The molecule has 5 nitrogen and oxygen atoms in total.